The fourth-order valence-corrected chi connectivity index (χ4v) is 4.58. The lowest BCUT2D eigenvalue weighted by Crippen LogP contribution is -2.53. The molecule has 0 aromatic carbocycles. The average Bonchev–Trinajstić information content (AvgIpc) is 2.43. The summed E-state index contributed by atoms with van der Waals surface area (Å²) in [7, 11) is 0. The summed E-state index contributed by atoms with van der Waals surface area (Å²) in [6.07, 6.45) is 5.80. The van der Waals surface area contributed by atoms with Crippen LogP contribution in [0.2, 0.25) is 0 Å². The largest absolute Gasteiger partial charge is 0.393 e. The van der Waals surface area contributed by atoms with E-state index in [1.165, 1.54) is 19.3 Å². The van der Waals surface area contributed by atoms with Crippen molar-refractivity contribution in [2.24, 2.45) is 17.8 Å². The molecule has 0 radical (unpaired) electrons. The van der Waals surface area contributed by atoms with Gasteiger partial charge in [0.1, 0.15) is 0 Å². The van der Waals surface area contributed by atoms with E-state index < -0.39 is 0 Å². The maximum Gasteiger partial charge on any atom is 0.0771 e. The van der Waals surface area contributed by atoms with Gasteiger partial charge in [-0.05, 0) is 57.8 Å². The minimum atomic E-state index is -0.149. The van der Waals surface area contributed by atoms with Crippen molar-refractivity contribution in [1.29, 1.82) is 0 Å². The summed E-state index contributed by atoms with van der Waals surface area (Å²) in [4.78, 5) is 0. The van der Waals surface area contributed by atoms with Gasteiger partial charge in [0.25, 0.3) is 0 Å². The first-order valence-corrected chi connectivity index (χ1v) is 6.84. The number of hydrogen-bond acceptors (Lipinski definition) is 2. The van der Waals surface area contributed by atoms with E-state index in [-0.39, 0.29) is 17.3 Å². The fraction of sp³-hybridized carbons (Fsp3) is 1.00. The lowest BCUT2D eigenvalue weighted by Gasteiger charge is -2.49. The van der Waals surface area contributed by atoms with Gasteiger partial charge in [-0.2, -0.15) is 0 Å². The number of aliphatic hydroxyl groups is 1. The van der Waals surface area contributed by atoms with Crippen molar-refractivity contribution in [3.8, 4) is 0 Å². The monoisotopic (exact) mass is 224 g/mol. The molecule has 1 spiro atoms. The van der Waals surface area contributed by atoms with Crippen molar-refractivity contribution in [3.05, 3.63) is 0 Å². The van der Waals surface area contributed by atoms with Crippen LogP contribution in [0.1, 0.15) is 52.9 Å². The molecule has 3 rings (SSSR count). The summed E-state index contributed by atoms with van der Waals surface area (Å²) in [5.41, 5.74) is 0.0319. The molecule has 2 nitrogen and oxygen atoms in total. The zero-order valence-corrected chi connectivity index (χ0v) is 10.7. The molecule has 1 N–H and O–H groups in total. The highest BCUT2D eigenvalue weighted by Gasteiger charge is 2.61. The minimum Gasteiger partial charge on any atom is -0.393 e. The second-order valence-corrected chi connectivity index (χ2v) is 6.77. The molecule has 16 heavy (non-hydrogen) atoms. The van der Waals surface area contributed by atoms with E-state index in [4.69, 9.17) is 4.74 Å². The highest BCUT2D eigenvalue weighted by atomic mass is 16.5. The molecular formula is C14H24O2. The van der Waals surface area contributed by atoms with Crippen LogP contribution in [0.25, 0.3) is 0 Å². The molecule has 2 aliphatic carbocycles. The van der Waals surface area contributed by atoms with Gasteiger partial charge in [-0.15, -0.1) is 0 Å². The topological polar surface area (TPSA) is 29.5 Å². The van der Waals surface area contributed by atoms with Crippen LogP contribution in [-0.2, 0) is 4.74 Å². The van der Waals surface area contributed by atoms with Gasteiger partial charge in [-0.25, -0.2) is 0 Å². The maximum atomic E-state index is 10.1. The molecule has 0 amide bonds. The Morgan fingerprint density at radius 3 is 2.44 bits per heavy atom. The first-order chi connectivity index (χ1) is 7.46. The zero-order chi connectivity index (χ0) is 11.6. The predicted molar refractivity (Wildman–Crippen MR) is 63.1 cm³/mol. The molecular weight excluding hydrogens is 200 g/mol. The van der Waals surface area contributed by atoms with Crippen molar-refractivity contribution in [2.45, 2.75) is 70.2 Å². The Morgan fingerprint density at radius 1 is 1.06 bits per heavy atom. The van der Waals surface area contributed by atoms with Crippen molar-refractivity contribution in [2.75, 3.05) is 0 Å². The molecule has 3 aliphatic rings. The number of rotatable bonds is 0. The van der Waals surface area contributed by atoms with Crippen molar-refractivity contribution in [1.82, 2.24) is 0 Å². The summed E-state index contributed by atoms with van der Waals surface area (Å²) in [6, 6.07) is 0. The molecule has 2 heteroatoms. The van der Waals surface area contributed by atoms with Crippen LogP contribution < -0.4 is 0 Å². The van der Waals surface area contributed by atoms with Gasteiger partial charge in [0.05, 0.1) is 17.3 Å². The molecule has 92 valence electrons. The molecule has 0 aromatic heterocycles. The van der Waals surface area contributed by atoms with Gasteiger partial charge in [-0.3, -0.25) is 0 Å². The molecule has 3 unspecified atom stereocenters. The van der Waals surface area contributed by atoms with Gasteiger partial charge < -0.3 is 9.84 Å². The minimum absolute atomic E-state index is 0.00405. The maximum absolute atomic E-state index is 10.1. The second-order valence-electron chi connectivity index (χ2n) is 6.77. The molecule has 1 aliphatic heterocycles. The Hall–Kier alpha value is -0.0800. The molecule has 0 aromatic rings. The van der Waals surface area contributed by atoms with E-state index in [2.05, 4.69) is 20.8 Å². The van der Waals surface area contributed by atoms with E-state index in [0.717, 1.165) is 12.8 Å². The van der Waals surface area contributed by atoms with E-state index in [1.54, 1.807) is 0 Å². The molecule has 1 saturated heterocycles. The quantitative estimate of drug-likeness (QED) is 0.685. The molecule has 3 fully saturated rings. The van der Waals surface area contributed by atoms with Gasteiger partial charge in [0, 0.05) is 5.92 Å². The van der Waals surface area contributed by atoms with Gasteiger partial charge in [0.2, 0.25) is 0 Å². The number of aliphatic hydroxyl groups excluding tert-OH is 1. The highest BCUT2D eigenvalue weighted by Crippen LogP contribution is 2.59. The van der Waals surface area contributed by atoms with E-state index in [1.807, 2.05) is 0 Å². The summed E-state index contributed by atoms with van der Waals surface area (Å²) in [5, 5.41) is 10.1. The lowest BCUT2D eigenvalue weighted by molar-refractivity contribution is -0.182. The van der Waals surface area contributed by atoms with Crippen LogP contribution in [0.15, 0.2) is 0 Å². The number of fused-ring (bicyclic) bond motifs is 1. The van der Waals surface area contributed by atoms with Crippen LogP contribution >= 0.6 is 0 Å². The SMILES string of the molecule is C[C@H]1C(O)CCC2CC[C@@H]3CC21OC3(C)C. The first kappa shape index (κ1) is 11.0. The smallest absolute Gasteiger partial charge is 0.0771 e. The Balaban J connectivity index is 1.97. The molecule has 1 heterocycles. The number of hydrogen-bond donors (Lipinski definition) is 1. The standard InChI is InChI=1S/C14H24O2/c1-9-12(15)7-6-10-4-5-11-8-14(9,10)16-13(11,2)3/h9-12,15H,4-8H2,1-3H3/t9-,10?,11+,12?,14?/m0/s1. The molecule has 5 atom stereocenters. The Kier molecular flexibility index (Phi) is 2.23. The van der Waals surface area contributed by atoms with Crippen molar-refractivity contribution in [3.63, 3.8) is 0 Å². The van der Waals surface area contributed by atoms with Crippen LogP contribution in [0.4, 0.5) is 0 Å². The van der Waals surface area contributed by atoms with Crippen LogP contribution in [0.5, 0.6) is 0 Å². The third-order valence-corrected chi connectivity index (χ3v) is 5.72. The van der Waals surface area contributed by atoms with Gasteiger partial charge in [0.15, 0.2) is 0 Å². The normalized spacial score (nSPS) is 54.8. The third kappa shape index (κ3) is 1.26. The first-order valence-electron chi connectivity index (χ1n) is 6.84. The predicted octanol–water partition coefficient (Wildman–Crippen LogP) is 2.74. The molecule has 2 saturated carbocycles. The van der Waals surface area contributed by atoms with Crippen molar-refractivity contribution < 1.29 is 9.84 Å². The average molecular weight is 224 g/mol. The van der Waals surface area contributed by atoms with Gasteiger partial charge >= 0.3 is 0 Å². The summed E-state index contributed by atoms with van der Waals surface area (Å²) in [5.74, 6) is 1.72. The van der Waals surface area contributed by atoms with Crippen LogP contribution in [-0.4, -0.2) is 22.4 Å². The van der Waals surface area contributed by atoms with E-state index in [0.29, 0.717) is 17.8 Å². The highest BCUT2D eigenvalue weighted by molar-refractivity contribution is 5.10. The summed E-state index contributed by atoms with van der Waals surface area (Å²) < 4.78 is 6.49. The summed E-state index contributed by atoms with van der Waals surface area (Å²) in [6.45, 7) is 6.67. The second kappa shape index (κ2) is 3.23. The fourth-order valence-electron chi connectivity index (χ4n) is 4.58. The Morgan fingerprint density at radius 2 is 1.69 bits per heavy atom. The van der Waals surface area contributed by atoms with Gasteiger partial charge in [-0.1, -0.05) is 6.92 Å². The molecule has 2 bridgehead atoms. The van der Waals surface area contributed by atoms with Crippen LogP contribution in [0, 0.1) is 17.8 Å². The summed E-state index contributed by atoms with van der Waals surface area (Å²) >= 11 is 0. The zero-order valence-electron chi connectivity index (χ0n) is 10.7. The lowest BCUT2D eigenvalue weighted by atomic mass is 9.60. The van der Waals surface area contributed by atoms with E-state index >= 15 is 0 Å². The van der Waals surface area contributed by atoms with Crippen molar-refractivity contribution >= 4 is 0 Å². The third-order valence-electron chi connectivity index (χ3n) is 5.72. The van der Waals surface area contributed by atoms with Crippen LogP contribution in [0.3, 0.4) is 0 Å². The number of ether oxygens (including phenoxy) is 1. The van der Waals surface area contributed by atoms with E-state index in [9.17, 15) is 5.11 Å². The Labute approximate surface area is 98.4 Å². The Bertz CT molecular complexity index is 295.